The maximum Gasteiger partial charge on any atom is 0.345 e. The van der Waals surface area contributed by atoms with Crippen molar-refractivity contribution in [2.24, 2.45) is 7.05 Å². The zero-order valence-corrected chi connectivity index (χ0v) is 13.1. The van der Waals surface area contributed by atoms with Gasteiger partial charge in [-0.15, -0.1) is 0 Å². The van der Waals surface area contributed by atoms with Gasteiger partial charge in [0.05, 0.1) is 13.7 Å². The molecular weight excluding hydrogens is 300 g/mol. The first-order valence-electron chi connectivity index (χ1n) is 7.26. The van der Waals surface area contributed by atoms with Crippen LogP contribution in [0.3, 0.4) is 0 Å². The highest BCUT2D eigenvalue weighted by atomic mass is 16.5. The molecule has 122 valence electrons. The molecule has 0 bridgehead atoms. The third kappa shape index (κ3) is 3.05. The van der Waals surface area contributed by atoms with E-state index in [4.69, 9.17) is 9.47 Å². The zero-order chi connectivity index (χ0) is 16.4. The predicted octanol–water partition coefficient (Wildman–Crippen LogP) is 0.0116. The van der Waals surface area contributed by atoms with E-state index in [0.29, 0.717) is 31.2 Å². The van der Waals surface area contributed by atoms with Gasteiger partial charge in [0.1, 0.15) is 11.5 Å². The van der Waals surface area contributed by atoms with Crippen LogP contribution in [-0.4, -0.2) is 45.4 Å². The van der Waals surface area contributed by atoms with Gasteiger partial charge in [0, 0.05) is 20.1 Å². The highest BCUT2D eigenvalue weighted by molar-refractivity contribution is 5.77. The summed E-state index contributed by atoms with van der Waals surface area (Å²) in [6, 6.07) is 7.04. The number of methoxy groups -OCH3 is 1. The lowest BCUT2D eigenvalue weighted by atomic mass is 10.3. The molecule has 3 rings (SSSR count). The number of nitrogens with zero attached hydrogens (tertiary/aromatic N) is 4. The number of carbonyl (C=O) groups excluding carboxylic acids is 1. The van der Waals surface area contributed by atoms with Crippen LogP contribution < -0.4 is 15.2 Å². The molecule has 23 heavy (non-hydrogen) atoms. The number of fused-ring (bicyclic) bond motifs is 1. The van der Waals surface area contributed by atoms with Crippen molar-refractivity contribution in [3.63, 3.8) is 0 Å². The molecule has 1 amide bonds. The summed E-state index contributed by atoms with van der Waals surface area (Å²) in [4.78, 5) is 25.7. The van der Waals surface area contributed by atoms with Crippen molar-refractivity contribution < 1.29 is 14.3 Å². The quantitative estimate of drug-likeness (QED) is 0.793. The Labute approximate surface area is 132 Å². The minimum Gasteiger partial charge on any atom is -0.497 e. The molecule has 0 saturated carbocycles. The summed E-state index contributed by atoms with van der Waals surface area (Å²) in [7, 11) is 3.19. The van der Waals surface area contributed by atoms with Crippen molar-refractivity contribution >= 4 is 5.91 Å². The molecule has 0 aliphatic carbocycles. The smallest absolute Gasteiger partial charge is 0.345 e. The largest absolute Gasteiger partial charge is 0.497 e. The number of aryl methyl sites for hydroxylation is 1. The Balaban J connectivity index is 1.59. The average molecular weight is 318 g/mol. The summed E-state index contributed by atoms with van der Waals surface area (Å²) < 4.78 is 13.4. The van der Waals surface area contributed by atoms with E-state index in [9.17, 15) is 9.59 Å². The number of aromatic nitrogens is 3. The van der Waals surface area contributed by atoms with E-state index in [1.807, 2.05) is 0 Å². The second kappa shape index (κ2) is 6.15. The Morgan fingerprint density at radius 3 is 2.61 bits per heavy atom. The van der Waals surface area contributed by atoms with Crippen molar-refractivity contribution in [1.29, 1.82) is 0 Å². The average Bonchev–Trinajstić information content (AvgIpc) is 2.87. The van der Waals surface area contributed by atoms with Gasteiger partial charge in [-0.05, 0) is 24.3 Å². The first-order chi connectivity index (χ1) is 11.1. The molecule has 1 aliphatic rings. The molecule has 1 aromatic carbocycles. The molecule has 8 nitrogen and oxygen atoms in total. The fourth-order valence-electron chi connectivity index (χ4n) is 2.49. The van der Waals surface area contributed by atoms with Crippen LogP contribution in [0.25, 0.3) is 0 Å². The van der Waals surface area contributed by atoms with E-state index < -0.39 is 0 Å². The zero-order valence-electron chi connectivity index (χ0n) is 13.1. The van der Waals surface area contributed by atoms with E-state index in [-0.39, 0.29) is 18.2 Å². The van der Waals surface area contributed by atoms with Crippen LogP contribution in [0.5, 0.6) is 11.5 Å². The van der Waals surface area contributed by atoms with E-state index in [1.165, 1.54) is 4.68 Å². The van der Waals surface area contributed by atoms with Gasteiger partial charge in [-0.1, -0.05) is 0 Å². The lowest BCUT2D eigenvalue weighted by Gasteiger charge is -2.26. The monoisotopic (exact) mass is 318 g/mol. The molecule has 2 heterocycles. The Morgan fingerprint density at radius 2 is 1.91 bits per heavy atom. The third-order valence-corrected chi connectivity index (χ3v) is 3.78. The Kier molecular flexibility index (Phi) is 4.05. The number of carbonyl (C=O) groups is 1. The lowest BCUT2D eigenvalue weighted by Crippen LogP contribution is -2.42. The summed E-state index contributed by atoms with van der Waals surface area (Å²) in [5, 5.41) is 4.14. The van der Waals surface area contributed by atoms with Gasteiger partial charge in [0.2, 0.25) is 0 Å². The molecule has 1 aliphatic heterocycles. The molecule has 0 spiro atoms. The number of benzene rings is 1. The highest BCUT2D eigenvalue weighted by Gasteiger charge is 2.24. The summed E-state index contributed by atoms with van der Waals surface area (Å²) >= 11 is 0. The Bertz CT molecular complexity index is 763. The van der Waals surface area contributed by atoms with Crippen molar-refractivity contribution in [1.82, 2.24) is 19.2 Å². The Morgan fingerprint density at radius 1 is 1.22 bits per heavy atom. The fraction of sp³-hybridized carbons (Fsp3) is 0.400. The van der Waals surface area contributed by atoms with Gasteiger partial charge in [0.25, 0.3) is 5.91 Å². The number of amides is 1. The molecule has 0 fully saturated rings. The number of hydrogen-bond acceptors (Lipinski definition) is 5. The molecule has 2 aromatic rings. The summed E-state index contributed by atoms with van der Waals surface area (Å²) in [6.45, 7) is 1.20. The predicted molar refractivity (Wildman–Crippen MR) is 81.4 cm³/mol. The highest BCUT2D eigenvalue weighted by Crippen LogP contribution is 2.17. The molecule has 0 saturated heterocycles. The topological polar surface area (TPSA) is 78.6 Å². The van der Waals surface area contributed by atoms with E-state index in [2.05, 4.69) is 5.10 Å². The van der Waals surface area contributed by atoms with Gasteiger partial charge in [0.15, 0.2) is 12.4 Å². The minimum atomic E-state index is -0.151. The van der Waals surface area contributed by atoms with Crippen LogP contribution in [0.4, 0.5) is 0 Å². The van der Waals surface area contributed by atoms with Crippen LogP contribution in [0.2, 0.25) is 0 Å². The fourth-order valence-corrected chi connectivity index (χ4v) is 2.49. The SMILES string of the molecule is COc1ccc(OCC(=O)N2CCn3c(nn(C)c3=O)C2)cc1. The molecule has 1 aromatic heterocycles. The summed E-state index contributed by atoms with van der Waals surface area (Å²) in [5.41, 5.74) is -0.151. The molecule has 8 heteroatoms. The van der Waals surface area contributed by atoms with Crippen LogP contribution in [0, 0.1) is 0 Å². The van der Waals surface area contributed by atoms with Gasteiger partial charge < -0.3 is 14.4 Å². The normalized spacial score (nSPS) is 13.6. The third-order valence-electron chi connectivity index (χ3n) is 3.78. The second-order valence-electron chi connectivity index (χ2n) is 5.25. The molecule has 0 N–H and O–H groups in total. The maximum absolute atomic E-state index is 12.3. The van der Waals surface area contributed by atoms with Gasteiger partial charge >= 0.3 is 5.69 Å². The van der Waals surface area contributed by atoms with Crippen molar-refractivity contribution in [2.75, 3.05) is 20.3 Å². The van der Waals surface area contributed by atoms with Crippen molar-refractivity contribution in [2.45, 2.75) is 13.1 Å². The lowest BCUT2D eigenvalue weighted by molar-refractivity contribution is -0.134. The number of hydrogen-bond donors (Lipinski definition) is 0. The number of ether oxygens (including phenoxy) is 2. The molecule has 0 radical (unpaired) electrons. The first-order valence-corrected chi connectivity index (χ1v) is 7.26. The minimum absolute atomic E-state index is 0.0522. The number of rotatable bonds is 4. The van der Waals surface area contributed by atoms with E-state index in [1.54, 1.807) is 47.9 Å². The van der Waals surface area contributed by atoms with Gasteiger partial charge in [-0.3, -0.25) is 9.36 Å². The molecule has 0 atom stereocenters. The van der Waals surface area contributed by atoms with Gasteiger partial charge in [-0.2, -0.15) is 5.10 Å². The van der Waals surface area contributed by atoms with Crippen LogP contribution in [0.15, 0.2) is 29.1 Å². The summed E-state index contributed by atoms with van der Waals surface area (Å²) in [6.07, 6.45) is 0. The first kappa shape index (κ1) is 15.1. The van der Waals surface area contributed by atoms with E-state index in [0.717, 1.165) is 5.75 Å². The second-order valence-corrected chi connectivity index (χ2v) is 5.25. The van der Waals surface area contributed by atoms with Crippen molar-refractivity contribution in [3.8, 4) is 11.5 Å². The molecule has 0 unspecified atom stereocenters. The van der Waals surface area contributed by atoms with Crippen LogP contribution in [0.1, 0.15) is 5.82 Å². The van der Waals surface area contributed by atoms with Crippen molar-refractivity contribution in [3.05, 3.63) is 40.6 Å². The van der Waals surface area contributed by atoms with Crippen LogP contribution in [-0.2, 0) is 24.9 Å². The summed E-state index contributed by atoms with van der Waals surface area (Å²) in [5.74, 6) is 1.80. The van der Waals surface area contributed by atoms with Crippen LogP contribution >= 0.6 is 0 Å². The maximum atomic E-state index is 12.3. The van der Waals surface area contributed by atoms with Gasteiger partial charge in [-0.25, -0.2) is 9.48 Å². The molecular formula is C15H18N4O4. The standard InChI is InChI=1S/C15H18N4O4/c1-17-15(21)19-8-7-18(9-13(19)16-17)14(20)10-23-12-5-3-11(22-2)4-6-12/h3-6H,7-10H2,1-2H3. The Hall–Kier alpha value is -2.77. The van der Waals surface area contributed by atoms with E-state index >= 15 is 0 Å².